The van der Waals surface area contributed by atoms with Crippen LogP contribution in [0.1, 0.15) is 18.4 Å². The largest absolute Gasteiger partial charge is 0.497 e. The van der Waals surface area contributed by atoms with E-state index in [1.165, 1.54) is 19.2 Å². The van der Waals surface area contributed by atoms with E-state index in [4.69, 9.17) is 14.2 Å². The second-order valence-corrected chi connectivity index (χ2v) is 9.19. The molecule has 0 radical (unpaired) electrons. The molecule has 34 heavy (non-hydrogen) atoms. The van der Waals surface area contributed by atoms with Gasteiger partial charge in [-0.3, -0.25) is 9.52 Å². The zero-order chi connectivity index (χ0) is 24.6. The molecule has 0 saturated heterocycles. The highest BCUT2D eigenvalue weighted by Gasteiger charge is 2.17. The summed E-state index contributed by atoms with van der Waals surface area (Å²) >= 11 is 0. The van der Waals surface area contributed by atoms with Crippen LogP contribution in [0.3, 0.4) is 0 Å². The van der Waals surface area contributed by atoms with Gasteiger partial charge in [0.1, 0.15) is 17.2 Å². The number of anilines is 2. The summed E-state index contributed by atoms with van der Waals surface area (Å²) in [7, 11) is -0.748. The molecule has 0 bridgehead atoms. The molecule has 3 aromatic carbocycles. The van der Waals surface area contributed by atoms with Crippen LogP contribution >= 0.6 is 0 Å². The molecule has 0 heterocycles. The maximum atomic E-state index is 12.8. The third-order valence-electron chi connectivity index (χ3n) is 4.92. The molecule has 0 spiro atoms. The number of methoxy groups -OCH3 is 2. The molecule has 180 valence electrons. The number of hydrogen-bond donors (Lipinski definition) is 2. The summed E-state index contributed by atoms with van der Waals surface area (Å²) < 4.78 is 44.0. The van der Waals surface area contributed by atoms with Crippen LogP contribution < -0.4 is 24.2 Å². The lowest BCUT2D eigenvalue weighted by Crippen LogP contribution is -2.15. The highest BCUT2D eigenvalue weighted by Crippen LogP contribution is 2.28. The van der Waals surface area contributed by atoms with Gasteiger partial charge in [-0.15, -0.1) is 0 Å². The molecule has 3 rings (SSSR count). The zero-order valence-corrected chi connectivity index (χ0v) is 20.1. The highest BCUT2D eigenvalue weighted by atomic mass is 32.2. The van der Waals surface area contributed by atoms with Crippen molar-refractivity contribution in [1.82, 2.24) is 0 Å². The molecule has 0 fully saturated rings. The van der Waals surface area contributed by atoms with E-state index in [0.717, 1.165) is 11.3 Å². The molecule has 1 amide bonds. The summed E-state index contributed by atoms with van der Waals surface area (Å²) in [5, 5.41) is 2.76. The van der Waals surface area contributed by atoms with Crippen molar-refractivity contribution in [3.8, 4) is 17.2 Å². The predicted octanol–water partition coefficient (Wildman–Crippen LogP) is 4.61. The van der Waals surface area contributed by atoms with Crippen molar-refractivity contribution in [2.75, 3.05) is 30.9 Å². The molecule has 0 aliphatic carbocycles. The molecular formula is C25H28N2O6S. The first kappa shape index (κ1) is 24.9. The molecule has 3 aromatic rings. The van der Waals surface area contributed by atoms with Crippen LogP contribution in [0, 0.1) is 6.92 Å². The van der Waals surface area contributed by atoms with E-state index in [0.29, 0.717) is 35.9 Å². The molecule has 0 unspecified atom stereocenters. The minimum Gasteiger partial charge on any atom is -0.497 e. The van der Waals surface area contributed by atoms with Gasteiger partial charge in [0.25, 0.3) is 10.0 Å². The SMILES string of the molecule is COc1ccc(OCCCC(=O)Nc2ccc(S(=O)(=O)Nc3cc(C)ccc3OC)cc2)cc1. The quantitative estimate of drug-likeness (QED) is 0.385. The maximum absolute atomic E-state index is 12.8. The molecule has 9 heteroatoms. The standard InChI is InChI=1S/C25H28N2O6S/c1-18-6-15-24(32-3)23(17-18)27-34(29,30)22-13-7-19(8-14-22)26-25(28)5-4-16-33-21-11-9-20(31-2)10-12-21/h6-15,17,27H,4-5,16H2,1-3H3,(H,26,28). The van der Waals surface area contributed by atoms with E-state index in [9.17, 15) is 13.2 Å². The van der Waals surface area contributed by atoms with Gasteiger partial charge >= 0.3 is 0 Å². The smallest absolute Gasteiger partial charge is 0.262 e. The summed E-state index contributed by atoms with van der Waals surface area (Å²) in [4.78, 5) is 12.3. The van der Waals surface area contributed by atoms with Gasteiger partial charge in [-0.2, -0.15) is 0 Å². The Hall–Kier alpha value is -3.72. The Balaban J connectivity index is 1.50. The van der Waals surface area contributed by atoms with Gasteiger partial charge < -0.3 is 19.5 Å². The first-order chi connectivity index (χ1) is 16.3. The summed E-state index contributed by atoms with van der Waals surface area (Å²) in [5.41, 5.74) is 1.76. The lowest BCUT2D eigenvalue weighted by atomic mass is 10.2. The molecule has 0 aliphatic heterocycles. The number of amides is 1. The summed E-state index contributed by atoms with van der Waals surface area (Å²) in [6, 6.07) is 18.4. The van der Waals surface area contributed by atoms with Crippen LogP contribution in [0.15, 0.2) is 71.6 Å². The summed E-state index contributed by atoms with van der Waals surface area (Å²) in [6.45, 7) is 2.25. The number of hydrogen-bond acceptors (Lipinski definition) is 6. The van der Waals surface area contributed by atoms with Crippen LogP contribution in [0.5, 0.6) is 17.2 Å². The molecule has 8 nitrogen and oxygen atoms in total. The van der Waals surface area contributed by atoms with Gasteiger partial charge in [-0.1, -0.05) is 6.07 Å². The van der Waals surface area contributed by atoms with Gasteiger partial charge in [0.15, 0.2) is 0 Å². The van der Waals surface area contributed by atoms with Crippen LogP contribution in [0.2, 0.25) is 0 Å². The number of nitrogens with one attached hydrogen (secondary N) is 2. The number of carbonyl (C=O) groups excluding carboxylic acids is 1. The van der Waals surface area contributed by atoms with Crippen LogP contribution in [-0.2, 0) is 14.8 Å². The third kappa shape index (κ3) is 6.89. The minimum absolute atomic E-state index is 0.0712. The third-order valence-corrected chi connectivity index (χ3v) is 6.31. The molecule has 2 N–H and O–H groups in total. The minimum atomic E-state index is -3.82. The second kappa shape index (κ2) is 11.4. The monoisotopic (exact) mass is 484 g/mol. The van der Waals surface area contributed by atoms with E-state index in [2.05, 4.69) is 10.0 Å². The molecule has 0 aliphatic rings. The van der Waals surface area contributed by atoms with Gasteiger partial charge in [-0.25, -0.2) is 8.42 Å². The summed E-state index contributed by atoms with van der Waals surface area (Å²) in [5.74, 6) is 1.69. The van der Waals surface area contributed by atoms with Crippen molar-refractivity contribution >= 4 is 27.3 Å². The zero-order valence-electron chi connectivity index (χ0n) is 19.3. The van der Waals surface area contributed by atoms with Gasteiger partial charge in [-0.05, 0) is 79.6 Å². The van der Waals surface area contributed by atoms with Crippen LogP contribution in [0.4, 0.5) is 11.4 Å². The van der Waals surface area contributed by atoms with Crippen molar-refractivity contribution in [3.63, 3.8) is 0 Å². The van der Waals surface area contributed by atoms with Gasteiger partial charge in [0.2, 0.25) is 5.91 Å². The van der Waals surface area contributed by atoms with Crippen molar-refractivity contribution in [3.05, 3.63) is 72.3 Å². The predicted molar refractivity (Wildman–Crippen MR) is 131 cm³/mol. The highest BCUT2D eigenvalue weighted by molar-refractivity contribution is 7.92. The number of benzene rings is 3. The Morgan fingerprint density at radius 1 is 0.882 bits per heavy atom. The first-order valence-corrected chi connectivity index (χ1v) is 12.1. The Labute approximate surface area is 199 Å². The van der Waals surface area contributed by atoms with Crippen molar-refractivity contribution in [2.24, 2.45) is 0 Å². The fourth-order valence-electron chi connectivity index (χ4n) is 3.14. The lowest BCUT2D eigenvalue weighted by molar-refractivity contribution is -0.116. The van der Waals surface area contributed by atoms with E-state index in [1.54, 1.807) is 55.6 Å². The topological polar surface area (TPSA) is 103 Å². The molecule has 0 saturated carbocycles. The van der Waals surface area contributed by atoms with E-state index in [-0.39, 0.29) is 17.2 Å². The molecule has 0 atom stereocenters. The number of aryl methyl sites for hydroxylation is 1. The van der Waals surface area contributed by atoms with Crippen molar-refractivity contribution < 1.29 is 27.4 Å². The molecule has 0 aromatic heterocycles. The normalized spacial score (nSPS) is 10.9. The lowest BCUT2D eigenvalue weighted by Gasteiger charge is -2.13. The van der Waals surface area contributed by atoms with Crippen molar-refractivity contribution in [1.29, 1.82) is 0 Å². The van der Waals surface area contributed by atoms with E-state index < -0.39 is 10.0 Å². The van der Waals surface area contributed by atoms with Gasteiger partial charge in [0.05, 0.1) is 31.4 Å². The number of ether oxygens (including phenoxy) is 3. The molecular weight excluding hydrogens is 456 g/mol. The fourth-order valence-corrected chi connectivity index (χ4v) is 4.20. The first-order valence-electron chi connectivity index (χ1n) is 10.6. The fraction of sp³-hybridized carbons (Fsp3) is 0.240. The van der Waals surface area contributed by atoms with Crippen molar-refractivity contribution in [2.45, 2.75) is 24.7 Å². The number of rotatable bonds is 11. The second-order valence-electron chi connectivity index (χ2n) is 7.51. The average molecular weight is 485 g/mol. The van der Waals surface area contributed by atoms with Gasteiger partial charge in [0, 0.05) is 12.1 Å². The Kier molecular flexibility index (Phi) is 8.37. The van der Waals surface area contributed by atoms with Crippen LogP contribution in [-0.4, -0.2) is 35.2 Å². The summed E-state index contributed by atoms with van der Waals surface area (Å²) in [6.07, 6.45) is 0.803. The maximum Gasteiger partial charge on any atom is 0.262 e. The average Bonchev–Trinajstić information content (AvgIpc) is 2.82. The van der Waals surface area contributed by atoms with Crippen LogP contribution in [0.25, 0.3) is 0 Å². The Morgan fingerprint density at radius 2 is 1.56 bits per heavy atom. The number of carbonyl (C=O) groups is 1. The Morgan fingerprint density at radius 3 is 2.21 bits per heavy atom. The Bertz CT molecular complexity index is 1210. The number of sulfonamides is 1. The van der Waals surface area contributed by atoms with E-state index in [1.807, 2.05) is 13.0 Å². The van der Waals surface area contributed by atoms with E-state index >= 15 is 0 Å².